The zero-order valence-corrected chi connectivity index (χ0v) is 7.62. The number of alkyl halides is 1. The highest BCUT2D eigenvalue weighted by atomic mass is 35.5. The number of hydrogen-bond donors (Lipinski definition) is 0. The van der Waals surface area contributed by atoms with Crippen LogP contribution in [0, 0.1) is 11.6 Å². The van der Waals surface area contributed by atoms with Gasteiger partial charge >= 0.3 is 0 Å². The topological polar surface area (TPSA) is 0 Å². The fourth-order valence-electron chi connectivity index (χ4n) is 0.963. The van der Waals surface area contributed by atoms with Gasteiger partial charge in [0.05, 0.1) is 4.87 Å². The molecule has 0 atom stereocenters. The van der Waals surface area contributed by atoms with Gasteiger partial charge in [-0.3, -0.25) is 0 Å². The van der Waals surface area contributed by atoms with Crippen LogP contribution in [0.25, 0.3) is 0 Å². The van der Waals surface area contributed by atoms with E-state index in [9.17, 15) is 8.78 Å². The SMILES string of the molecule is CC(C)(Cl)c1cccc(F)c1F. The Labute approximate surface area is 75.2 Å². The van der Waals surface area contributed by atoms with Gasteiger partial charge in [0.1, 0.15) is 0 Å². The first-order valence-corrected chi connectivity index (χ1v) is 3.94. The zero-order valence-electron chi connectivity index (χ0n) is 6.87. The van der Waals surface area contributed by atoms with Crippen molar-refractivity contribution in [1.29, 1.82) is 0 Å². The molecular weight excluding hydrogens is 182 g/mol. The van der Waals surface area contributed by atoms with Crippen LogP contribution in [0.2, 0.25) is 0 Å². The summed E-state index contributed by atoms with van der Waals surface area (Å²) in [6.45, 7) is 3.23. The quantitative estimate of drug-likeness (QED) is 0.595. The molecule has 0 N–H and O–H groups in total. The van der Waals surface area contributed by atoms with Crippen LogP contribution in [0.1, 0.15) is 19.4 Å². The molecule has 0 spiro atoms. The van der Waals surface area contributed by atoms with E-state index < -0.39 is 16.5 Å². The maximum atomic E-state index is 13.0. The summed E-state index contributed by atoms with van der Waals surface area (Å²) < 4.78 is 25.7. The molecule has 1 aromatic rings. The Hall–Kier alpha value is -0.630. The van der Waals surface area contributed by atoms with Gasteiger partial charge in [0, 0.05) is 5.56 Å². The Bertz CT molecular complexity index is 289. The fourth-order valence-corrected chi connectivity index (χ4v) is 1.11. The second-order valence-electron chi connectivity index (χ2n) is 3.07. The maximum Gasteiger partial charge on any atom is 0.163 e. The van der Waals surface area contributed by atoms with Crippen LogP contribution in [-0.2, 0) is 4.87 Å². The lowest BCUT2D eigenvalue weighted by Gasteiger charge is -2.16. The van der Waals surface area contributed by atoms with E-state index in [4.69, 9.17) is 11.6 Å². The van der Waals surface area contributed by atoms with E-state index in [0.717, 1.165) is 6.07 Å². The Balaban J connectivity index is 3.26. The van der Waals surface area contributed by atoms with Crippen molar-refractivity contribution >= 4 is 11.6 Å². The number of rotatable bonds is 1. The molecule has 66 valence electrons. The van der Waals surface area contributed by atoms with Crippen molar-refractivity contribution in [2.45, 2.75) is 18.7 Å². The Morgan fingerprint density at radius 2 is 1.83 bits per heavy atom. The minimum absolute atomic E-state index is 0.184. The van der Waals surface area contributed by atoms with Gasteiger partial charge in [-0.1, -0.05) is 12.1 Å². The standard InChI is InChI=1S/C9H9ClF2/c1-9(2,10)6-4-3-5-7(11)8(6)12/h3-5H,1-2H3. The lowest BCUT2D eigenvalue weighted by molar-refractivity contribution is 0.488. The molecule has 0 unspecified atom stereocenters. The molecule has 0 aliphatic rings. The Morgan fingerprint density at radius 1 is 1.25 bits per heavy atom. The van der Waals surface area contributed by atoms with E-state index in [1.165, 1.54) is 12.1 Å². The van der Waals surface area contributed by atoms with E-state index in [0.29, 0.717) is 0 Å². The Morgan fingerprint density at radius 3 is 2.25 bits per heavy atom. The molecule has 0 saturated heterocycles. The molecule has 0 aromatic heterocycles. The molecule has 0 amide bonds. The molecule has 0 saturated carbocycles. The van der Waals surface area contributed by atoms with Crippen LogP contribution in [0.5, 0.6) is 0 Å². The molecule has 0 radical (unpaired) electrons. The third-order valence-electron chi connectivity index (χ3n) is 1.59. The lowest BCUT2D eigenvalue weighted by Crippen LogP contribution is -2.11. The number of halogens is 3. The summed E-state index contributed by atoms with van der Waals surface area (Å²) >= 11 is 5.83. The van der Waals surface area contributed by atoms with Gasteiger partial charge in [-0.15, -0.1) is 11.6 Å². The highest BCUT2D eigenvalue weighted by Crippen LogP contribution is 2.30. The highest BCUT2D eigenvalue weighted by Gasteiger charge is 2.22. The predicted molar refractivity (Wildman–Crippen MR) is 45.2 cm³/mol. The van der Waals surface area contributed by atoms with E-state index in [-0.39, 0.29) is 5.56 Å². The molecular formula is C9H9ClF2. The van der Waals surface area contributed by atoms with Crippen LogP contribution >= 0.6 is 11.6 Å². The maximum absolute atomic E-state index is 13.0. The van der Waals surface area contributed by atoms with Gasteiger partial charge in [0.15, 0.2) is 11.6 Å². The summed E-state index contributed by atoms with van der Waals surface area (Å²) in [5, 5.41) is 0. The first kappa shape index (κ1) is 9.46. The summed E-state index contributed by atoms with van der Waals surface area (Å²) in [6, 6.07) is 3.99. The summed E-state index contributed by atoms with van der Waals surface area (Å²) in [5.41, 5.74) is 0.184. The van der Waals surface area contributed by atoms with Gasteiger partial charge in [0.2, 0.25) is 0 Å². The molecule has 0 heterocycles. The van der Waals surface area contributed by atoms with Crippen molar-refractivity contribution in [3.8, 4) is 0 Å². The average molecular weight is 191 g/mol. The summed E-state index contributed by atoms with van der Waals surface area (Å²) in [7, 11) is 0. The lowest BCUT2D eigenvalue weighted by atomic mass is 10.0. The van der Waals surface area contributed by atoms with E-state index in [1.54, 1.807) is 13.8 Å². The fraction of sp³-hybridized carbons (Fsp3) is 0.333. The molecule has 1 aromatic carbocycles. The van der Waals surface area contributed by atoms with Crippen LogP contribution < -0.4 is 0 Å². The van der Waals surface area contributed by atoms with E-state index >= 15 is 0 Å². The molecule has 3 heteroatoms. The first-order chi connectivity index (χ1) is 5.43. The van der Waals surface area contributed by atoms with Crippen LogP contribution in [-0.4, -0.2) is 0 Å². The van der Waals surface area contributed by atoms with E-state index in [1.807, 2.05) is 0 Å². The summed E-state index contributed by atoms with van der Waals surface area (Å²) in [4.78, 5) is -0.869. The average Bonchev–Trinajstić information content (AvgIpc) is 1.92. The van der Waals surface area contributed by atoms with Crippen LogP contribution in [0.4, 0.5) is 8.78 Å². The van der Waals surface area contributed by atoms with Gasteiger partial charge in [0.25, 0.3) is 0 Å². The smallest absolute Gasteiger partial charge is 0.163 e. The largest absolute Gasteiger partial charge is 0.204 e. The number of hydrogen-bond acceptors (Lipinski definition) is 0. The number of benzene rings is 1. The minimum atomic E-state index is -0.869. The molecule has 0 bridgehead atoms. The first-order valence-electron chi connectivity index (χ1n) is 3.56. The molecule has 0 aliphatic carbocycles. The molecule has 1 rings (SSSR count). The monoisotopic (exact) mass is 190 g/mol. The van der Waals surface area contributed by atoms with Gasteiger partial charge in [-0.05, 0) is 19.9 Å². The normalized spacial score (nSPS) is 11.8. The van der Waals surface area contributed by atoms with Crippen molar-refractivity contribution < 1.29 is 8.78 Å². The summed E-state index contributed by atoms with van der Waals surface area (Å²) in [5.74, 6) is -1.72. The zero-order chi connectivity index (χ0) is 9.35. The molecule has 0 fully saturated rings. The second kappa shape index (κ2) is 3.02. The molecule has 12 heavy (non-hydrogen) atoms. The van der Waals surface area contributed by atoms with Gasteiger partial charge in [-0.2, -0.15) is 0 Å². The second-order valence-corrected chi connectivity index (χ2v) is 4.02. The predicted octanol–water partition coefficient (Wildman–Crippen LogP) is 3.44. The third-order valence-corrected chi connectivity index (χ3v) is 1.80. The minimum Gasteiger partial charge on any atom is -0.204 e. The Kier molecular flexibility index (Phi) is 2.38. The summed E-state index contributed by atoms with van der Waals surface area (Å²) in [6.07, 6.45) is 0. The van der Waals surface area contributed by atoms with Crippen molar-refractivity contribution in [3.05, 3.63) is 35.4 Å². The van der Waals surface area contributed by atoms with Crippen molar-refractivity contribution in [1.82, 2.24) is 0 Å². The van der Waals surface area contributed by atoms with Gasteiger partial charge < -0.3 is 0 Å². The van der Waals surface area contributed by atoms with Gasteiger partial charge in [-0.25, -0.2) is 8.78 Å². The molecule has 0 aliphatic heterocycles. The van der Waals surface area contributed by atoms with Crippen molar-refractivity contribution in [2.24, 2.45) is 0 Å². The highest BCUT2D eigenvalue weighted by molar-refractivity contribution is 6.23. The van der Waals surface area contributed by atoms with Crippen molar-refractivity contribution in [2.75, 3.05) is 0 Å². The van der Waals surface area contributed by atoms with Crippen LogP contribution in [0.3, 0.4) is 0 Å². The third kappa shape index (κ3) is 1.75. The van der Waals surface area contributed by atoms with E-state index in [2.05, 4.69) is 0 Å². The molecule has 0 nitrogen and oxygen atoms in total. The van der Waals surface area contributed by atoms with Crippen LogP contribution in [0.15, 0.2) is 18.2 Å². The van der Waals surface area contributed by atoms with Crippen molar-refractivity contribution in [3.63, 3.8) is 0 Å².